The molecule has 4 heteroatoms. The van der Waals surface area contributed by atoms with Crippen LogP contribution in [-0.2, 0) is 4.79 Å². The molecule has 1 aromatic carbocycles. The van der Waals surface area contributed by atoms with Crippen molar-refractivity contribution < 1.29 is 13.9 Å². The van der Waals surface area contributed by atoms with Gasteiger partial charge in [-0.3, -0.25) is 4.79 Å². The Morgan fingerprint density at radius 3 is 2.17 bits per heavy atom. The molecule has 0 bridgehead atoms. The lowest BCUT2D eigenvalue weighted by atomic mass is 10.1. The van der Waals surface area contributed by atoms with Crippen molar-refractivity contribution in [2.24, 2.45) is 0 Å². The highest BCUT2D eigenvalue weighted by molar-refractivity contribution is 5.94. The number of amides is 1. The van der Waals surface area contributed by atoms with E-state index < -0.39 is 12.1 Å². The van der Waals surface area contributed by atoms with Gasteiger partial charge in [0.25, 0.3) is 5.91 Å². The molecule has 0 fully saturated rings. The monoisotopic (exact) mass is 323 g/mol. The lowest BCUT2D eigenvalue weighted by Crippen LogP contribution is -2.23. The number of carbonyl (C=O) groups is 1. The first kappa shape index (κ1) is 19.5. The normalized spacial score (nSPS) is 12.0. The number of benzene rings is 1. The first-order valence-corrected chi connectivity index (χ1v) is 8.76. The predicted octanol–water partition coefficient (Wildman–Crippen LogP) is 5.50. The standard InChI is InChI=1S/C19H30FNO2/c1-3-4-5-6-7-8-9-10-11-18(20)19(22)21-16-12-14-17(23-2)15-13-16/h12-15,18H,3-11H2,1-2H3,(H,21,22)/t18-/m1/s1. The van der Waals surface area contributed by atoms with E-state index >= 15 is 0 Å². The fourth-order valence-electron chi connectivity index (χ4n) is 2.48. The van der Waals surface area contributed by atoms with Crippen LogP contribution < -0.4 is 10.1 Å². The second-order valence-corrected chi connectivity index (χ2v) is 5.95. The average Bonchev–Trinajstić information content (AvgIpc) is 2.57. The average molecular weight is 323 g/mol. The van der Waals surface area contributed by atoms with E-state index in [4.69, 9.17) is 4.74 Å². The summed E-state index contributed by atoms with van der Waals surface area (Å²) in [6, 6.07) is 6.89. The Labute approximate surface area is 139 Å². The Kier molecular flexibility index (Phi) is 10.1. The lowest BCUT2D eigenvalue weighted by molar-refractivity contribution is -0.121. The largest absolute Gasteiger partial charge is 0.497 e. The Morgan fingerprint density at radius 2 is 1.61 bits per heavy atom. The molecule has 0 aliphatic heterocycles. The quantitative estimate of drug-likeness (QED) is 0.516. The van der Waals surface area contributed by atoms with Crippen LogP contribution in [0, 0.1) is 0 Å². The summed E-state index contributed by atoms with van der Waals surface area (Å²) >= 11 is 0. The first-order valence-electron chi connectivity index (χ1n) is 8.76. The zero-order valence-corrected chi connectivity index (χ0v) is 14.4. The Morgan fingerprint density at radius 1 is 1.04 bits per heavy atom. The van der Waals surface area contributed by atoms with Crippen LogP contribution in [0.2, 0.25) is 0 Å². The number of halogens is 1. The molecule has 1 N–H and O–H groups in total. The van der Waals surface area contributed by atoms with E-state index in [-0.39, 0.29) is 0 Å². The fourth-order valence-corrected chi connectivity index (χ4v) is 2.48. The van der Waals surface area contributed by atoms with E-state index in [1.807, 2.05) is 0 Å². The number of nitrogens with one attached hydrogen (secondary N) is 1. The smallest absolute Gasteiger partial charge is 0.258 e. The van der Waals surface area contributed by atoms with E-state index in [2.05, 4.69) is 12.2 Å². The maximum Gasteiger partial charge on any atom is 0.258 e. The number of rotatable bonds is 12. The van der Waals surface area contributed by atoms with Crippen LogP contribution in [0.15, 0.2) is 24.3 Å². The Balaban J connectivity index is 2.13. The molecule has 0 radical (unpaired) electrons. The zero-order chi connectivity index (χ0) is 16.9. The number of carbonyl (C=O) groups excluding carboxylic acids is 1. The van der Waals surface area contributed by atoms with Gasteiger partial charge in [0, 0.05) is 5.69 Å². The van der Waals surface area contributed by atoms with Crippen molar-refractivity contribution in [3.8, 4) is 5.75 Å². The van der Waals surface area contributed by atoms with Gasteiger partial charge in [-0.2, -0.15) is 0 Å². The predicted molar refractivity (Wildman–Crippen MR) is 93.7 cm³/mol. The molecule has 0 saturated heterocycles. The van der Waals surface area contributed by atoms with Crippen LogP contribution in [0.4, 0.5) is 10.1 Å². The number of alkyl halides is 1. The highest BCUT2D eigenvalue weighted by Gasteiger charge is 2.16. The van der Waals surface area contributed by atoms with Crippen LogP contribution in [0.25, 0.3) is 0 Å². The third kappa shape index (κ3) is 8.58. The number of anilines is 1. The molecular weight excluding hydrogens is 293 g/mol. The van der Waals surface area contributed by atoms with Gasteiger partial charge in [0.05, 0.1) is 7.11 Å². The number of methoxy groups -OCH3 is 1. The number of hydrogen-bond acceptors (Lipinski definition) is 2. The van der Waals surface area contributed by atoms with E-state index in [1.54, 1.807) is 31.4 Å². The summed E-state index contributed by atoms with van der Waals surface area (Å²) < 4.78 is 18.9. The summed E-state index contributed by atoms with van der Waals surface area (Å²) in [7, 11) is 1.58. The summed E-state index contributed by atoms with van der Waals surface area (Å²) in [4.78, 5) is 11.8. The molecular formula is C19H30FNO2. The number of ether oxygens (including phenoxy) is 1. The minimum atomic E-state index is -1.43. The molecule has 0 aliphatic rings. The first-order chi connectivity index (χ1) is 11.2. The lowest BCUT2D eigenvalue weighted by Gasteiger charge is -2.10. The van der Waals surface area contributed by atoms with Gasteiger partial charge in [0.15, 0.2) is 6.17 Å². The molecule has 130 valence electrons. The minimum absolute atomic E-state index is 0.303. The highest BCUT2D eigenvalue weighted by Crippen LogP contribution is 2.17. The summed E-state index contributed by atoms with van der Waals surface area (Å²) in [5.74, 6) is 0.150. The van der Waals surface area contributed by atoms with Gasteiger partial charge in [0.2, 0.25) is 0 Å². The van der Waals surface area contributed by atoms with Gasteiger partial charge in [-0.05, 0) is 30.7 Å². The van der Waals surface area contributed by atoms with Crippen molar-refractivity contribution >= 4 is 11.6 Å². The maximum absolute atomic E-state index is 13.9. The van der Waals surface area contributed by atoms with Crippen molar-refractivity contribution in [3.63, 3.8) is 0 Å². The third-order valence-electron chi connectivity index (χ3n) is 3.95. The Bertz CT molecular complexity index is 434. The molecule has 1 amide bonds. The van der Waals surface area contributed by atoms with E-state index in [0.717, 1.165) is 19.3 Å². The molecule has 3 nitrogen and oxygen atoms in total. The molecule has 23 heavy (non-hydrogen) atoms. The van der Waals surface area contributed by atoms with E-state index in [1.165, 1.54) is 32.1 Å². The van der Waals surface area contributed by atoms with Gasteiger partial charge in [-0.25, -0.2) is 4.39 Å². The summed E-state index contributed by atoms with van der Waals surface area (Å²) in [6.07, 6.45) is 8.12. The van der Waals surface area contributed by atoms with Crippen LogP contribution in [0.3, 0.4) is 0 Å². The van der Waals surface area contributed by atoms with Gasteiger partial charge in [0.1, 0.15) is 5.75 Å². The van der Waals surface area contributed by atoms with Gasteiger partial charge in [-0.1, -0.05) is 58.3 Å². The molecule has 0 heterocycles. The van der Waals surface area contributed by atoms with Crippen LogP contribution in [0.1, 0.15) is 64.7 Å². The van der Waals surface area contributed by atoms with Gasteiger partial charge in [-0.15, -0.1) is 0 Å². The zero-order valence-electron chi connectivity index (χ0n) is 14.4. The minimum Gasteiger partial charge on any atom is -0.497 e. The molecule has 0 spiro atoms. The van der Waals surface area contributed by atoms with Crippen molar-refractivity contribution in [2.75, 3.05) is 12.4 Å². The van der Waals surface area contributed by atoms with Gasteiger partial charge >= 0.3 is 0 Å². The van der Waals surface area contributed by atoms with E-state index in [0.29, 0.717) is 17.9 Å². The molecule has 1 rings (SSSR count). The van der Waals surface area contributed by atoms with Crippen molar-refractivity contribution in [2.45, 2.75) is 70.9 Å². The fraction of sp³-hybridized carbons (Fsp3) is 0.632. The molecule has 1 aromatic rings. The van der Waals surface area contributed by atoms with Crippen LogP contribution >= 0.6 is 0 Å². The summed E-state index contributed by atoms with van der Waals surface area (Å²) in [6.45, 7) is 2.21. The van der Waals surface area contributed by atoms with Crippen LogP contribution in [-0.4, -0.2) is 19.2 Å². The highest BCUT2D eigenvalue weighted by atomic mass is 19.1. The van der Waals surface area contributed by atoms with Crippen molar-refractivity contribution in [1.82, 2.24) is 0 Å². The molecule has 0 saturated carbocycles. The number of unbranched alkanes of at least 4 members (excludes halogenated alkanes) is 7. The molecule has 0 aromatic heterocycles. The second-order valence-electron chi connectivity index (χ2n) is 5.95. The topological polar surface area (TPSA) is 38.3 Å². The summed E-state index contributed by atoms with van der Waals surface area (Å²) in [5, 5.41) is 2.60. The van der Waals surface area contributed by atoms with E-state index in [9.17, 15) is 9.18 Å². The van der Waals surface area contributed by atoms with Gasteiger partial charge < -0.3 is 10.1 Å². The molecule has 0 unspecified atom stereocenters. The number of hydrogen-bond donors (Lipinski definition) is 1. The van der Waals surface area contributed by atoms with Crippen molar-refractivity contribution in [1.29, 1.82) is 0 Å². The van der Waals surface area contributed by atoms with Crippen LogP contribution in [0.5, 0.6) is 5.75 Å². The van der Waals surface area contributed by atoms with Crippen molar-refractivity contribution in [3.05, 3.63) is 24.3 Å². The third-order valence-corrected chi connectivity index (χ3v) is 3.95. The molecule has 1 atom stereocenters. The Hall–Kier alpha value is -1.58. The second kappa shape index (κ2) is 11.9. The molecule has 0 aliphatic carbocycles. The maximum atomic E-state index is 13.9. The SMILES string of the molecule is CCCCCCCCCC[C@@H](F)C(=O)Nc1ccc(OC)cc1. The summed E-state index contributed by atoms with van der Waals surface area (Å²) in [5.41, 5.74) is 0.592.